The fraction of sp³-hybridized carbons (Fsp3) is 0.385. The van der Waals surface area contributed by atoms with Gasteiger partial charge in [0.05, 0.1) is 22.5 Å². The zero-order chi connectivity index (χ0) is 15.6. The van der Waals surface area contributed by atoms with Gasteiger partial charge >= 0.3 is 6.18 Å². The molecule has 0 aromatic carbocycles. The van der Waals surface area contributed by atoms with Crippen molar-refractivity contribution in [2.24, 2.45) is 0 Å². The van der Waals surface area contributed by atoms with Crippen LogP contribution in [0, 0.1) is 0 Å². The average Bonchev–Trinajstić information content (AvgIpc) is 2.81. The molecule has 2 aromatic rings. The number of hydrogen-bond donors (Lipinski definition) is 0. The molecule has 0 aliphatic rings. The van der Waals surface area contributed by atoms with Gasteiger partial charge in [-0.2, -0.15) is 18.3 Å². The minimum atomic E-state index is -4.47. The van der Waals surface area contributed by atoms with Gasteiger partial charge in [0.25, 0.3) is 0 Å². The molecule has 21 heavy (non-hydrogen) atoms. The van der Waals surface area contributed by atoms with E-state index < -0.39 is 11.7 Å². The predicted molar refractivity (Wildman–Crippen MR) is 78.0 cm³/mol. The summed E-state index contributed by atoms with van der Waals surface area (Å²) in [5, 5.41) is 4.72. The third kappa shape index (κ3) is 3.40. The summed E-state index contributed by atoms with van der Waals surface area (Å²) in [7, 11) is 0. The van der Waals surface area contributed by atoms with E-state index in [4.69, 9.17) is 11.6 Å². The van der Waals surface area contributed by atoms with Crippen LogP contribution in [0.2, 0.25) is 5.02 Å². The minimum Gasteiger partial charge on any atom is -0.235 e. The number of rotatable bonds is 4. The second kappa shape index (κ2) is 6.36. The van der Waals surface area contributed by atoms with Crippen LogP contribution in [-0.2, 0) is 17.9 Å². The maximum absolute atomic E-state index is 12.6. The van der Waals surface area contributed by atoms with Gasteiger partial charge in [0, 0.05) is 17.1 Å². The Morgan fingerprint density at radius 3 is 2.57 bits per heavy atom. The van der Waals surface area contributed by atoms with Gasteiger partial charge in [0.1, 0.15) is 0 Å². The smallest absolute Gasteiger partial charge is 0.235 e. The molecule has 114 valence electrons. The highest BCUT2D eigenvalue weighted by molar-refractivity contribution is 9.08. The molecule has 0 aliphatic carbocycles. The highest BCUT2D eigenvalue weighted by Gasteiger charge is 2.32. The largest absolute Gasteiger partial charge is 0.417 e. The first kappa shape index (κ1) is 16.3. The van der Waals surface area contributed by atoms with E-state index in [9.17, 15) is 13.2 Å². The molecule has 0 spiro atoms. The lowest BCUT2D eigenvalue weighted by Gasteiger charge is -2.11. The van der Waals surface area contributed by atoms with E-state index in [0.29, 0.717) is 5.33 Å². The summed E-state index contributed by atoms with van der Waals surface area (Å²) < 4.78 is 39.4. The molecule has 3 nitrogen and oxygen atoms in total. The quantitative estimate of drug-likeness (QED) is 0.712. The molecular weight excluding hydrogens is 371 g/mol. The fourth-order valence-electron chi connectivity index (χ4n) is 1.95. The molecule has 0 unspecified atom stereocenters. The minimum absolute atomic E-state index is 0.0774. The lowest BCUT2D eigenvalue weighted by Crippen LogP contribution is -2.10. The highest BCUT2D eigenvalue weighted by Crippen LogP contribution is 2.32. The molecule has 2 aromatic heterocycles. The zero-order valence-corrected chi connectivity index (χ0v) is 13.4. The number of hydrogen-bond acceptors (Lipinski definition) is 2. The van der Waals surface area contributed by atoms with Gasteiger partial charge in [-0.3, -0.25) is 0 Å². The normalized spacial score (nSPS) is 11.9. The SMILES string of the molecule is CCCc1c(CBr)cnn1-c1ncc(C(F)(F)F)cc1Cl. The Morgan fingerprint density at radius 2 is 2.05 bits per heavy atom. The van der Waals surface area contributed by atoms with Crippen molar-refractivity contribution < 1.29 is 13.2 Å². The molecule has 0 saturated carbocycles. The number of halogens is 5. The third-order valence-corrected chi connectivity index (χ3v) is 3.82. The Hall–Kier alpha value is -1.08. The van der Waals surface area contributed by atoms with Crippen LogP contribution in [0.4, 0.5) is 13.2 Å². The first-order chi connectivity index (χ1) is 9.88. The van der Waals surface area contributed by atoms with Crippen LogP contribution in [-0.4, -0.2) is 14.8 Å². The number of alkyl halides is 4. The summed E-state index contributed by atoms with van der Waals surface area (Å²) in [6.07, 6.45) is -0.418. The van der Waals surface area contributed by atoms with E-state index >= 15 is 0 Å². The monoisotopic (exact) mass is 381 g/mol. The van der Waals surface area contributed by atoms with Crippen LogP contribution in [0.1, 0.15) is 30.2 Å². The third-order valence-electron chi connectivity index (χ3n) is 2.94. The van der Waals surface area contributed by atoms with Gasteiger partial charge in [-0.25, -0.2) is 9.67 Å². The van der Waals surface area contributed by atoms with Crippen molar-refractivity contribution in [3.05, 3.63) is 40.3 Å². The highest BCUT2D eigenvalue weighted by atomic mass is 79.9. The van der Waals surface area contributed by atoms with E-state index in [-0.39, 0.29) is 10.8 Å². The number of aromatic nitrogens is 3. The average molecular weight is 383 g/mol. The van der Waals surface area contributed by atoms with E-state index in [1.165, 1.54) is 4.68 Å². The van der Waals surface area contributed by atoms with Gasteiger partial charge in [0.2, 0.25) is 0 Å². The molecule has 0 fully saturated rings. The second-order valence-corrected chi connectivity index (χ2v) is 5.41. The van der Waals surface area contributed by atoms with Crippen LogP contribution < -0.4 is 0 Å². The van der Waals surface area contributed by atoms with Gasteiger partial charge in [-0.15, -0.1) is 0 Å². The van der Waals surface area contributed by atoms with Gasteiger partial charge in [-0.05, 0) is 12.5 Å². The summed E-state index contributed by atoms with van der Waals surface area (Å²) in [6.45, 7) is 2.01. The summed E-state index contributed by atoms with van der Waals surface area (Å²) >= 11 is 9.32. The molecule has 0 N–H and O–H groups in total. The van der Waals surface area contributed by atoms with Gasteiger partial charge in [-0.1, -0.05) is 40.9 Å². The van der Waals surface area contributed by atoms with Crippen LogP contribution in [0.5, 0.6) is 0 Å². The van der Waals surface area contributed by atoms with Gasteiger partial charge < -0.3 is 0 Å². The number of nitrogens with zero attached hydrogens (tertiary/aromatic N) is 3. The fourth-order valence-corrected chi connectivity index (χ4v) is 2.66. The van der Waals surface area contributed by atoms with Crippen molar-refractivity contribution in [2.75, 3.05) is 0 Å². The van der Waals surface area contributed by atoms with Crippen molar-refractivity contribution in [3.8, 4) is 5.82 Å². The van der Waals surface area contributed by atoms with Crippen molar-refractivity contribution >= 4 is 27.5 Å². The van der Waals surface area contributed by atoms with Crippen molar-refractivity contribution in [1.29, 1.82) is 0 Å². The molecule has 0 atom stereocenters. The molecule has 0 saturated heterocycles. The first-order valence-electron chi connectivity index (χ1n) is 6.23. The van der Waals surface area contributed by atoms with Crippen LogP contribution >= 0.6 is 27.5 Å². The number of pyridine rings is 1. The standard InChI is InChI=1S/C13H12BrClF3N3/c1-2-3-11-8(5-14)6-20-21(11)12-10(15)4-9(7-19-12)13(16,17)18/h4,6-7H,2-3,5H2,1H3. The summed E-state index contributed by atoms with van der Waals surface area (Å²) in [6, 6.07) is 0.870. The summed E-state index contributed by atoms with van der Waals surface area (Å²) in [4.78, 5) is 3.84. The second-order valence-electron chi connectivity index (χ2n) is 4.44. The maximum atomic E-state index is 12.6. The Balaban J connectivity index is 2.50. The Morgan fingerprint density at radius 1 is 1.33 bits per heavy atom. The first-order valence-corrected chi connectivity index (χ1v) is 7.73. The van der Waals surface area contributed by atoms with Crippen LogP contribution in [0.25, 0.3) is 5.82 Å². The maximum Gasteiger partial charge on any atom is 0.417 e. The summed E-state index contributed by atoms with van der Waals surface area (Å²) in [5.74, 6) is 0.209. The Bertz CT molecular complexity index is 640. The van der Waals surface area contributed by atoms with Crippen molar-refractivity contribution in [2.45, 2.75) is 31.3 Å². The Labute approximate surface area is 133 Å². The van der Waals surface area contributed by atoms with Crippen LogP contribution in [0.3, 0.4) is 0 Å². The Kier molecular flexibility index (Phi) is 4.93. The molecule has 2 heterocycles. The molecule has 2 rings (SSSR count). The molecule has 0 aliphatic heterocycles. The van der Waals surface area contributed by atoms with Crippen molar-refractivity contribution in [3.63, 3.8) is 0 Å². The molecule has 0 amide bonds. The molecule has 8 heteroatoms. The predicted octanol–water partition coefficient (Wildman–Crippen LogP) is 4.79. The van der Waals surface area contributed by atoms with Gasteiger partial charge in [0.15, 0.2) is 5.82 Å². The molecule has 0 radical (unpaired) electrons. The van der Waals surface area contributed by atoms with E-state index in [2.05, 4.69) is 26.0 Å². The van der Waals surface area contributed by atoms with E-state index in [0.717, 1.165) is 36.4 Å². The lowest BCUT2D eigenvalue weighted by molar-refractivity contribution is -0.137. The van der Waals surface area contributed by atoms with Crippen molar-refractivity contribution in [1.82, 2.24) is 14.8 Å². The lowest BCUT2D eigenvalue weighted by atomic mass is 10.2. The topological polar surface area (TPSA) is 30.7 Å². The molecule has 0 bridgehead atoms. The van der Waals surface area contributed by atoms with E-state index in [1.54, 1.807) is 6.20 Å². The molecular formula is C13H12BrClF3N3. The zero-order valence-electron chi connectivity index (χ0n) is 11.1. The van der Waals surface area contributed by atoms with E-state index in [1.807, 2.05) is 6.92 Å². The van der Waals surface area contributed by atoms with Crippen LogP contribution in [0.15, 0.2) is 18.5 Å². The summed E-state index contributed by atoms with van der Waals surface area (Å²) in [5.41, 5.74) is 0.985.